The largest absolute Gasteiger partial charge is 0.492 e. The van der Waals surface area contributed by atoms with E-state index in [2.05, 4.69) is 0 Å². The summed E-state index contributed by atoms with van der Waals surface area (Å²) in [6.45, 7) is 2.30. The van der Waals surface area contributed by atoms with Crippen LogP contribution in [-0.4, -0.2) is 23.6 Å². The number of unbranched alkanes of at least 4 members (excludes halogenated alkanes) is 3. The number of hydrogen-bond acceptors (Lipinski definition) is 4. The van der Waals surface area contributed by atoms with Gasteiger partial charge in [-0.2, -0.15) is 5.06 Å². The van der Waals surface area contributed by atoms with Crippen molar-refractivity contribution in [2.75, 3.05) is 11.7 Å². The number of primary amides is 1. The van der Waals surface area contributed by atoms with Crippen LogP contribution in [0.15, 0.2) is 24.3 Å². The molecule has 2 amide bonds. The van der Waals surface area contributed by atoms with Crippen molar-refractivity contribution in [3.63, 3.8) is 0 Å². The average Bonchev–Trinajstić information content (AvgIpc) is 2.50. The third-order valence-corrected chi connectivity index (χ3v) is 3.19. The maximum Gasteiger partial charge on any atom is 0.250 e. The monoisotopic (exact) mass is 308 g/mol. The van der Waals surface area contributed by atoms with Crippen LogP contribution in [0.2, 0.25) is 0 Å². The summed E-state index contributed by atoms with van der Waals surface area (Å²) in [7, 11) is 0. The van der Waals surface area contributed by atoms with Gasteiger partial charge in [0.25, 0.3) is 5.91 Å². The van der Waals surface area contributed by atoms with Crippen LogP contribution in [0.25, 0.3) is 0 Å². The SMILES string of the molecule is CCOc1ccccc1N(O)C(=O)CCCCCCC(N)=O. The summed E-state index contributed by atoms with van der Waals surface area (Å²) in [4.78, 5) is 22.6. The lowest BCUT2D eigenvalue weighted by atomic mass is 10.1. The van der Waals surface area contributed by atoms with E-state index in [0.29, 0.717) is 35.9 Å². The first-order valence-corrected chi connectivity index (χ1v) is 7.58. The topological polar surface area (TPSA) is 92.9 Å². The van der Waals surface area contributed by atoms with Crippen molar-refractivity contribution in [1.29, 1.82) is 0 Å². The number of amides is 2. The van der Waals surface area contributed by atoms with Gasteiger partial charge in [-0.05, 0) is 31.9 Å². The third kappa shape index (κ3) is 6.13. The number of carbonyl (C=O) groups excluding carboxylic acids is 2. The Kier molecular flexibility index (Phi) is 7.99. The van der Waals surface area contributed by atoms with E-state index in [9.17, 15) is 14.8 Å². The lowest BCUT2D eigenvalue weighted by Gasteiger charge is -2.18. The predicted molar refractivity (Wildman–Crippen MR) is 83.8 cm³/mol. The molecule has 0 bridgehead atoms. The number of benzene rings is 1. The quantitative estimate of drug-likeness (QED) is 0.395. The van der Waals surface area contributed by atoms with Gasteiger partial charge in [0.15, 0.2) is 0 Å². The fourth-order valence-electron chi connectivity index (χ4n) is 2.08. The first kappa shape index (κ1) is 18.0. The Morgan fingerprint density at radius 2 is 1.77 bits per heavy atom. The van der Waals surface area contributed by atoms with Crippen LogP contribution in [-0.2, 0) is 9.59 Å². The molecule has 0 saturated carbocycles. The number of anilines is 1. The number of rotatable bonds is 10. The van der Waals surface area contributed by atoms with E-state index >= 15 is 0 Å². The first-order chi connectivity index (χ1) is 10.6. The van der Waals surface area contributed by atoms with Crippen molar-refractivity contribution in [1.82, 2.24) is 0 Å². The zero-order valence-electron chi connectivity index (χ0n) is 13.0. The first-order valence-electron chi connectivity index (χ1n) is 7.58. The van der Waals surface area contributed by atoms with Gasteiger partial charge in [-0.15, -0.1) is 0 Å². The second kappa shape index (κ2) is 9.78. The van der Waals surface area contributed by atoms with Crippen molar-refractivity contribution in [2.45, 2.75) is 45.4 Å². The highest BCUT2D eigenvalue weighted by molar-refractivity contribution is 5.92. The number of para-hydroxylation sites is 2. The van der Waals surface area contributed by atoms with Gasteiger partial charge in [-0.25, -0.2) is 0 Å². The van der Waals surface area contributed by atoms with Crippen molar-refractivity contribution in [3.8, 4) is 5.75 Å². The minimum absolute atomic E-state index is 0.244. The van der Waals surface area contributed by atoms with E-state index < -0.39 is 0 Å². The van der Waals surface area contributed by atoms with Gasteiger partial charge in [-0.3, -0.25) is 14.8 Å². The second-order valence-electron chi connectivity index (χ2n) is 4.99. The summed E-state index contributed by atoms with van der Waals surface area (Å²) in [6, 6.07) is 6.86. The molecule has 122 valence electrons. The molecule has 0 heterocycles. The van der Waals surface area contributed by atoms with E-state index in [0.717, 1.165) is 19.3 Å². The van der Waals surface area contributed by atoms with E-state index in [1.807, 2.05) is 6.92 Å². The molecule has 0 aliphatic heterocycles. The van der Waals surface area contributed by atoms with Crippen molar-refractivity contribution in [3.05, 3.63) is 24.3 Å². The molecule has 0 aliphatic rings. The summed E-state index contributed by atoms with van der Waals surface area (Å²) < 4.78 is 5.39. The Morgan fingerprint density at radius 3 is 2.41 bits per heavy atom. The van der Waals surface area contributed by atoms with Gasteiger partial charge in [0.2, 0.25) is 5.91 Å². The molecule has 0 fully saturated rings. The Morgan fingerprint density at radius 1 is 1.14 bits per heavy atom. The molecular formula is C16H24N2O4. The molecule has 0 atom stereocenters. The van der Waals surface area contributed by atoms with Gasteiger partial charge in [0.1, 0.15) is 11.4 Å². The Hall–Kier alpha value is -2.08. The highest BCUT2D eigenvalue weighted by atomic mass is 16.5. The number of hydroxylamine groups is 1. The van der Waals surface area contributed by atoms with Gasteiger partial charge in [0, 0.05) is 12.8 Å². The Bertz CT molecular complexity index is 491. The standard InChI is InChI=1S/C16H24N2O4/c1-2-22-14-10-8-7-9-13(14)18(21)16(20)12-6-4-3-5-11-15(17)19/h7-10,21H,2-6,11-12H2,1H3,(H2,17,19). The van der Waals surface area contributed by atoms with E-state index in [4.69, 9.17) is 10.5 Å². The molecule has 1 rings (SSSR count). The summed E-state index contributed by atoms with van der Waals surface area (Å²) >= 11 is 0. The molecule has 0 saturated heterocycles. The van der Waals surface area contributed by atoms with E-state index in [1.54, 1.807) is 24.3 Å². The summed E-state index contributed by atoms with van der Waals surface area (Å²) in [6.07, 6.45) is 3.68. The fourth-order valence-corrected chi connectivity index (χ4v) is 2.08. The average molecular weight is 308 g/mol. The Balaban J connectivity index is 2.40. The van der Waals surface area contributed by atoms with Gasteiger partial charge >= 0.3 is 0 Å². The lowest BCUT2D eigenvalue weighted by molar-refractivity contribution is -0.123. The molecule has 1 aromatic rings. The third-order valence-electron chi connectivity index (χ3n) is 3.19. The fraction of sp³-hybridized carbons (Fsp3) is 0.500. The Labute approximate surface area is 130 Å². The molecule has 6 nitrogen and oxygen atoms in total. The van der Waals surface area contributed by atoms with Crippen LogP contribution in [0.5, 0.6) is 5.75 Å². The maximum absolute atomic E-state index is 12.0. The minimum Gasteiger partial charge on any atom is -0.492 e. The number of nitrogens with two attached hydrogens (primary N) is 1. The maximum atomic E-state index is 12.0. The van der Waals surface area contributed by atoms with Crippen LogP contribution in [0.1, 0.15) is 45.4 Å². The molecule has 3 N–H and O–H groups in total. The summed E-state index contributed by atoms with van der Waals surface area (Å²) in [5.74, 6) is -0.200. The van der Waals surface area contributed by atoms with Crippen molar-refractivity contribution in [2.24, 2.45) is 5.73 Å². The van der Waals surface area contributed by atoms with Crippen LogP contribution < -0.4 is 15.5 Å². The molecule has 0 aromatic heterocycles. The highest BCUT2D eigenvalue weighted by Gasteiger charge is 2.16. The van der Waals surface area contributed by atoms with Crippen LogP contribution in [0, 0.1) is 0 Å². The molecular weight excluding hydrogens is 284 g/mol. The van der Waals surface area contributed by atoms with E-state index in [-0.39, 0.29) is 18.2 Å². The number of carbonyl (C=O) groups is 2. The van der Waals surface area contributed by atoms with Gasteiger partial charge < -0.3 is 10.5 Å². The van der Waals surface area contributed by atoms with Crippen LogP contribution in [0.3, 0.4) is 0 Å². The summed E-state index contributed by atoms with van der Waals surface area (Å²) in [5.41, 5.74) is 5.40. The number of nitrogens with zero attached hydrogens (tertiary/aromatic N) is 1. The van der Waals surface area contributed by atoms with Gasteiger partial charge in [-0.1, -0.05) is 25.0 Å². The molecule has 0 unspecified atom stereocenters. The van der Waals surface area contributed by atoms with E-state index in [1.165, 1.54) is 0 Å². The highest BCUT2D eigenvalue weighted by Crippen LogP contribution is 2.27. The normalized spacial score (nSPS) is 10.3. The summed E-state index contributed by atoms with van der Waals surface area (Å²) in [5, 5.41) is 10.7. The second-order valence-corrected chi connectivity index (χ2v) is 4.99. The molecule has 0 radical (unpaired) electrons. The smallest absolute Gasteiger partial charge is 0.250 e. The molecule has 0 aliphatic carbocycles. The van der Waals surface area contributed by atoms with Crippen molar-refractivity contribution >= 4 is 17.5 Å². The number of hydrogen-bond donors (Lipinski definition) is 2. The number of ether oxygens (including phenoxy) is 1. The zero-order chi connectivity index (χ0) is 16.4. The molecule has 22 heavy (non-hydrogen) atoms. The molecule has 1 aromatic carbocycles. The van der Waals surface area contributed by atoms with Gasteiger partial charge in [0.05, 0.1) is 6.61 Å². The van der Waals surface area contributed by atoms with Crippen LogP contribution in [0.4, 0.5) is 5.69 Å². The lowest BCUT2D eigenvalue weighted by Crippen LogP contribution is -2.27. The van der Waals surface area contributed by atoms with Crippen LogP contribution >= 0.6 is 0 Å². The molecule has 6 heteroatoms. The minimum atomic E-state index is -0.373. The predicted octanol–water partition coefficient (Wildman–Crippen LogP) is 2.63. The molecule has 0 spiro atoms. The van der Waals surface area contributed by atoms with Crippen molar-refractivity contribution < 1.29 is 19.5 Å². The zero-order valence-corrected chi connectivity index (χ0v) is 13.0.